The third kappa shape index (κ3) is 28.2. The van der Waals surface area contributed by atoms with Gasteiger partial charge in [-0.2, -0.15) is 0 Å². The van der Waals surface area contributed by atoms with Crippen LogP contribution < -0.4 is 46.1 Å². The van der Waals surface area contributed by atoms with Gasteiger partial charge in [0, 0.05) is 52.9 Å². The van der Waals surface area contributed by atoms with Crippen LogP contribution in [0.4, 0.5) is 9.59 Å². The van der Waals surface area contributed by atoms with Gasteiger partial charge in [-0.25, -0.2) is 22.8 Å². The molecule has 1 aliphatic carbocycles. The van der Waals surface area contributed by atoms with Gasteiger partial charge in [-0.3, -0.25) is 57.7 Å². The Kier molecular flexibility index (Phi) is 33.5. The maximum Gasteiger partial charge on any atom is 0.410 e. The Balaban J connectivity index is 0.923. The number of aliphatic carboxylic acids is 1. The molecule has 6 aromatic carbocycles. The summed E-state index contributed by atoms with van der Waals surface area (Å²) in [5, 5.41) is 30.5. The van der Waals surface area contributed by atoms with Crippen molar-refractivity contribution in [2.75, 3.05) is 40.4 Å². The number of benzene rings is 6. The zero-order valence-corrected chi connectivity index (χ0v) is 77.1. The van der Waals surface area contributed by atoms with Gasteiger partial charge < -0.3 is 65.8 Å². The summed E-state index contributed by atoms with van der Waals surface area (Å²) in [4.78, 5) is 178. The molecule has 690 valence electrons. The summed E-state index contributed by atoms with van der Waals surface area (Å²) in [7, 11) is -1.31. The second-order valence-corrected chi connectivity index (χ2v) is 39.7. The molecule has 2 heterocycles. The third-order valence-corrected chi connectivity index (χ3v) is 24.7. The number of sulfonamides is 1. The molecular formula is C97H127N11O19S. The number of nitrogens with one attached hydrogen (secondary N) is 7. The Labute approximate surface area is 750 Å². The number of hydrogen-bond donors (Lipinski definition) is 8. The average molecular weight is 1780 g/mol. The molecule has 9 rings (SSSR count). The summed E-state index contributed by atoms with van der Waals surface area (Å²) in [5.41, 5.74) is -1.41. The summed E-state index contributed by atoms with van der Waals surface area (Å²) in [6.45, 7) is 31.6. The molecule has 3 aliphatic rings. The van der Waals surface area contributed by atoms with E-state index in [9.17, 15) is 47.1 Å². The van der Waals surface area contributed by atoms with Gasteiger partial charge in [0.2, 0.25) is 57.3 Å². The molecule has 11 amide bonds. The highest BCUT2D eigenvalue weighted by Gasteiger charge is 2.49. The summed E-state index contributed by atoms with van der Waals surface area (Å²) < 4.78 is 51.8. The average Bonchev–Trinajstić information content (AvgIpc) is 1.61. The molecule has 3 fully saturated rings. The molecule has 1 saturated carbocycles. The van der Waals surface area contributed by atoms with E-state index < -0.39 is 175 Å². The molecule has 31 heteroatoms. The Bertz CT molecular complexity index is 5180. The van der Waals surface area contributed by atoms with Gasteiger partial charge in [-0.15, -0.1) is 6.58 Å². The van der Waals surface area contributed by atoms with E-state index in [1.165, 1.54) is 37.7 Å². The maximum atomic E-state index is 15.5. The predicted octanol–water partition coefficient (Wildman–Crippen LogP) is 10.4. The number of rotatable bonds is 38. The number of carbonyl (C=O) groups excluding carboxylic acids is 11. The van der Waals surface area contributed by atoms with Crippen molar-refractivity contribution in [2.24, 2.45) is 22.7 Å². The van der Waals surface area contributed by atoms with Crippen molar-refractivity contribution < 1.29 is 90.0 Å². The zero-order valence-electron chi connectivity index (χ0n) is 76.3. The van der Waals surface area contributed by atoms with Crippen LogP contribution in [-0.4, -0.2) is 222 Å². The fraction of sp³-hybridized carbons (Fsp3) is 0.485. The first-order chi connectivity index (χ1) is 60.1. The minimum Gasteiger partial charge on any atom is -0.490 e. The van der Waals surface area contributed by atoms with Crippen LogP contribution in [0, 0.1) is 22.7 Å². The number of hydrogen-bond acceptors (Lipinski definition) is 18. The van der Waals surface area contributed by atoms with Gasteiger partial charge in [-0.05, 0) is 185 Å². The number of carboxylic acids is 1. The van der Waals surface area contributed by atoms with Gasteiger partial charge in [0.05, 0.1) is 5.25 Å². The first kappa shape index (κ1) is 99.6. The SMILES string of the molecule is C=CCOc1ccc(CC(NC(=O)C(Cc2ccc3ccccc3c2)NC(=O)[C@@H]2C[C@H](CC=CCOc3ccc(CC(NC(=O)C(Cc4ccc5ccccc5c4)NC(=O)[C@@H]4C[C@H](CC=C)CN4C(=O)C(NC(=O)C(C)N(C)C(=O)OC(C)(C)C)C(C)(C)C)C(=O)O)cc3)CN2C(=O)C(NC(=O)C(C)N(C)C(=O)OC(C)(C)C)C(C)(C)C)C(=O)NS(=O)(=O)C2CC2)cc1. The fourth-order valence-electron chi connectivity index (χ4n) is 15.3. The standard InChI is InChI=1S/C97H127N11O19S/c1-19-27-65-55-78(107(57-65)89(116)80(94(5,6)7)102-82(109)59(3)105(17)92(120)126-96(11,12)13)87(114)100-75(54-64-34-40-68-30-22-24-32-70(68)50-64)85(112)101-77(91(118)119)52-62-37-43-72(44-38-62)125-48-26-25-28-66-56-79(108(58-66)90(117)81(95(8,9)10)103-83(110)60(4)106(18)93(121)127-97(14,15)16)88(115)99-74(53-63-33-39-67-29-21-23-31-69(67)49-63)84(111)98-76(86(113)104-128(122,123)73-45-46-73)51-61-35-41-71(42-36-61)124-47-20-2/h19-26,29-44,49-50,59-60,65-66,73-81H,1-2,27-28,45-48,51-58H2,3-18H3,(H,98,111)(H,99,115)(H,100,114)(H,101,112)(H,102,109)(H,103,110)(H,104,113)(H,118,119)/t59?,60?,65-,66-,74?,75?,76?,77?,78-,79-,80?,81?/m0/s1. The van der Waals surface area contributed by atoms with E-state index in [4.69, 9.17) is 18.9 Å². The van der Waals surface area contributed by atoms with Crippen molar-refractivity contribution in [1.29, 1.82) is 0 Å². The zero-order chi connectivity index (χ0) is 94.1. The highest BCUT2D eigenvalue weighted by atomic mass is 32.2. The largest absolute Gasteiger partial charge is 0.490 e. The van der Waals surface area contributed by atoms with Crippen LogP contribution in [0.5, 0.6) is 11.5 Å². The topological polar surface area (TPSA) is 393 Å². The lowest BCUT2D eigenvalue weighted by atomic mass is 9.85. The first-order valence-corrected chi connectivity index (χ1v) is 45.0. The molecule has 6 aromatic rings. The lowest BCUT2D eigenvalue weighted by Crippen LogP contribution is -2.61. The van der Waals surface area contributed by atoms with Crippen LogP contribution in [0.3, 0.4) is 0 Å². The molecule has 128 heavy (non-hydrogen) atoms. The van der Waals surface area contributed by atoms with Crippen LogP contribution in [-0.2, 0) is 93.1 Å². The molecule has 30 nitrogen and oxygen atoms in total. The third-order valence-electron chi connectivity index (χ3n) is 22.8. The van der Waals surface area contributed by atoms with Crippen LogP contribution in [0.15, 0.2) is 171 Å². The number of allylic oxidation sites excluding steroid dienone is 2. The number of fused-ring (bicyclic) bond motifs is 2. The van der Waals surface area contributed by atoms with E-state index in [2.05, 4.69) is 49.8 Å². The van der Waals surface area contributed by atoms with Crippen LogP contribution in [0.1, 0.15) is 158 Å². The molecule has 0 bridgehead atoms. The second kappa shape index (κ2) is 43.1. The highest BCUT2D eigenvalue weighted by molar-refractivity contribution is 7.91. The van der Waals surface area contributed by atoms with Gasteiger partial charge in [0.15, 0.2) is 0 Å². The maximum absolute atomic E-state index is 15.5. The Hall–Kier alpha value is -12.1. The molecule has 0 spiro atoms. The Morgan fingerprint density at radius 1 is 0.461 bits per heavy atom. The van der Waals surface area contributed by atoms with Crippen molar-refractivity contribution >= 4 is 103 Å². The van der Waals surface area contributed by atoms with Crippen molar-refractivity contribution in [2.45, 2.75) is 238 Å². The van der Waals surface area contributed by atoms with Crippen molar-refractivity contribution in [3.63, 3.8) is 0 Å². The predicted molar refractivity (Wildman–Crippen MR) is 488 cm³/mol. The summed E-state index contributed by atoms with van der Waals surface area (Å²) in [6.07, 6.45) is 6.32. The quantitative estimate of drug-likeness (QED) is 0.0167. The number of amides is 11. The first-order valence-electron chi connectivity index (χ1n) is 43.5. The van der Waals surface area contributed by atoms with E-state index in [1.54, 1.807) is 156 Å². The molecule has 8 unspecified atom stereocenters. The van der Waals surface area contributed by atoms with Gasteiger partial charge in [-0.1, -0.05) is 182 Å². The smallest absolute Gasteiger partial charge is 0.410 e. The van der Waals surface area contributed by atoms with E-state index in [-0.39, 0.29) is 77.2 Å². The second-order valence-electron chi connectivity index (χ2n) is 37.8. The molecule has 12 atom stereocenters. The van der Waals surface area contributed by atoms with Crippen LogP contribution >= 0.6 is 0 Å². The highest BCUT2D eigenvalue weighted by Crippen LogP contribution is 2.35. The van der Waals surface area contributed by atoms with E-state index in [1.807, 2.05) is 84.9 Å². The lowest BCUT2D eigenvalue weighted by Gasteiger charge is -2.37. The molecule has 8 N–H and O–H groups in total. The Morgan fingerprint density at radius 2 is 0.836 bits per heavy atom. The van der Waals surface area contributed by atoms with E-state index in [0.717, 1.165) is 31.3 Å². The minimum atomic E-state index is -4.12. The van der Waals surface area contributed by atoms with Crippen LogP contribution in [0.2, 0.25) is 0 Å². The summed E-state index contributed by atoms with van der Waals surface area (Å²) in [6, 6.07) is 26.5. The molecular weight excluding hydrogens is 1660 g/mol. The number of likely N-dealkylation sites (N-methyl/N-ethyl adjacent to an activating group) is 2. The van der Waals surface area contributed by atoms with E-state index in [0.29, 0.717) is 53.0 Å². The van der Waals surface area contributed by atoms with Gasteiger partial charge >= 0.3 is 18.2 Å². The lowest BCUT2D eigenvalue weighted by molar-refractivity contribution is -0.145. The molecule has 2 aliphatic heterocycles. The van der Waals surface area contributed by atoms with Gasteiger partial charge in [0.1, 0.15) is 96.3 Å². The number of carbonyl (C=O) groups is 12. The monoisotopic (exact) mass is 1780 g/mol. The summed E-state index contributed by atoms with van der Waals surface area (Å²) in [5.74, 6) is -7.80. The summed E-state index contributed by atoms with van der Waals surface area (Å²) >= 11 is 0. The normalized spacial score (nSPS) is 17.9. The van der Waals surface area contributed by atoms with Crippen molar-refractivity contribution in [1.82, 2.24) is 56.2 Å². The van der Waals surface area contributed by atoms with Crippen LogP contribution in [0.25, 0.3) is 21.5 Å². The molecule has 0 aromatic heterocycles. The number of likely N-dealkylation sites (tertiary alicyclic amines) is 2. The van der Waals surface area contributed by atoms with E-state index >= 15 is 24.0 Å². The minimum absolute atomic E-state index is 0.0151. The number of carboxylic acid groups (broad SMARTS) is 1. The number of nitrogens with zero attached hydrogens (tertiary/aromatic N) is 4. The number of ether oxygens (including phenoxy) is 4. The molecule has 2 saturated heterocycles. The Morgan fingerprint density at radius 3 is 1.23 bits per heavy atom. The van der Waals surface area contributed by atoms with Crippen molar-refractivity contribution in [3.05, 3.63) is 193 Å². The molecule has 0 radical (unpaired) electrons. The van der Waals surface area contributed by atoms with Crippen molar-refractivity contribution in [3.8, 4) is 11.5 Å². The fourth-order valence-corrected chi connectivity index (χ4v) is 16.6. The van der Waals surface area contributed by atoms with Gasteiger partial charge in [0.25, 0.3) is 5.91 Å².